The number of aromatic carboxylic acids is 1. The number of carbonyl (C=O) groups is 5. The number of likely N-dealkylation sites (tertiary alicyclic amines) is 1. The summed E-state index contributed by atoms with van der Waals surface area (Å²) in [5.41, 5.74) is 0.140. The molecule has 3 atom stereocenters. The van der Waals surface area contributed by atoms with E-state index in [1.54, 1.807) is 43.9 Å². The molecule has 2 aromatic rings. The number of anilines is 1. The first kappa shape index (κ1) is 33.4. The van der Waals surface area contributed by atoms with Gasteiger partial charge in [0.05, 0.1) is 6.04 Å². The molecule has 0 bridgehead atoms. The Labute approximate surface area is 267 Å². The predicted octanol–water partition coefficient (Wildman–Crippen LogP) is 5.72. The summed E-state index contributed by atoms with van der Waals surface area (Å²) in [4.78, 5) is 65.3. The van der Waals surface area contributed by atoms with E-state index in [1.165, 1.54) is 6.07 Å². The number of Topliss-reactive ketones (excluding diaryl/α,β-unsaturated/α-hetero) is 1. The fraction of sp³-hybridized carbons (Fsp3) is 0.618. The third kappa shape index (κ3) is 7.70. The van der Waals surface area contributed by atoms with E-state index < -0.39 is 36.4 Å². The van der Waals surface area contributed by atoms with Crippen LogP contribution in [0.2, 0.25) is 0 Å². The summed E-state index contributed by atoms with van der Waals surface area (Å²) in [6.45, 7) is 4.93. The Morgan fingerprint density at radius 2 is 1.74 bits per heavy atom. The largest absolute Gasteiger partial charge is 0.475 e. The minimum atomic E-state index is -1.19. The molecule has 46 heavy (non-hydrogen) atoms. The lowest BCUT2D eigenvalue weighted by molar-refractivity contribution is -0.142. The molecular weight excluding hydrogens is 597 g/mol. The molecule has 1 aliphatic heterocycles. The van der Waals surface area contributed by atoms with Gasteiger partial charge in [-0.15, -0.1) is 0 Å². The van der Waals surface area contributed by atoms with Gasteiger partial charge in [-0.1, -0.05) is 0 Å². The van der Waals surface area contributed by atoms with Gasteiger partial charge in [0.2, 0.25) is 17.6 Å². The second-order valence-corrected chi connectivity index (χ2v) is 14.0. The monoisotopic (exact) mass is 641 g/mol. The molecule has 0 radical (unpaired) electrons. The third-order valence-electron chi connectivity index (χ3n) is 9.74. The van der Waals surface area contributed by atoms with E-state index in [0.717, 1.165) is 0 Å². The van der Waals surface area contributed by atoms with Gasteiger partial charge in [-0.3, -0.25) is 14.4 Å². The molecule has 5 rings (SSSR count). The van der Waals surface area contributed by atoms with Crippen LogP contribution in [0.3, 0.4) is 0 Å². The van der Waals surface area contributed by atoms with Gasteiger partial charge in [-0.2, -0.15) is 0 Å². The number of alkyl halides is 1. The predicted molar refractivity (Wildman–Crippen MR) is 167 cm³/mol. The maximum absolute atomic E-state index is 14.0. The number of carboxylic acids is 1. The standard InChI is InChI=1S/C34H44FN3O8/c1-34(2,3)46-33(44)37-26(18-35)20-4-6-21(7-5-20)31(41)38-15-14-25(19-8-11-24(39)12-9-19)29(38)30(40)36-23-10-13-27-22(16-23)17-28(45-27)32(42)43/h10,13,16-17,19-21,25-26,29H,4-9,11-12,14-15,18H2,1-3H3,(H,36,40)(H,37,44)(H,42,43)/t20-,21-,25-,26-,29-/m1/s1. The molecule has 1 aromatic heterocycles. The first-order chi connectivity index (χ1) is 21.8. The summed E-state index contributed by atoms with van der Waals surface area (Å²) in [6.07, 6.45) is 4.48. The van der Waals surface area contributed by atoms with Gasteiger partial charge < -0.3 is 29.8 Å². The van der Waals surface area contributed by atoms with Crippen LogP contribution < -0.4 is 10.6 Å². The topological polar surface area (TPSA) is 155 Å². The molecule has 0 unspecified atom stereocenters. The van der Waals surface area contributed by atoms with Gasteiger partial charge in [0.15, 0.2) is 0 Å². The van der Waals surface area contributed by atoms with Crippen molar-refractivity contribution in [3.05, 3.63) is 30.0 Å². The highest BCUT2D eigenvalue weighted by atomic mass is 19.1. The Morgan fingerprint density at radius 1 is 1.04 bits per heavy atom. The van der Waals surface area contributed by atoms with Crippen molar-refractivity contribution in [2.45, 2.75) is 96.2 Å². The molecule has 11 nitrogen and oxygen atoms in total. The fourth-order valence-electron chi connectivity index (χ4n) is 7.47. The molecule has 12 heteroatoms. The Balaban J connectivity index is 1.28. The molecule has 0 spiro atoms. The van der Waals surface area contributed by atoms with E-state index in [2.05, 4.69) is 10.6 Å². The molecule has 3 N–H and O–H groups in total. The summed E-state index contributed by atoms with van der Waals surface area (Å²) in [5, 5.41) is 15.4. The number of halogens is 1. The highest BCUT2D eigenvalue weighted by Crippen LogP contribution is 2.41. The molecule has 1 saturated heterocycles. The van der Waals surface area contributed by atoms with Crippen molar-refractivity contribution in [2.24, 2.45) is 23.7 Å². The first-order valence-corrected chi connectivity index (χ1v) is 16.3. The smallest absolute Gasteiger partial charge is 0.407 e. The molecule has 3 amide bonds. The number of nitrogens with zero attached hydrogens (tertiary/aromatic N) is 1. The number of benzene rings is 1. The normalized spacial score (nSPS) is 24.9. The van der Waals surface area contributed by atoms with E-state index in [1.807, 2.05) is 0 Å². The number of amides is 3. The summed E-state index contributed by atoms with van der Waals surface area (Å²) < 4.78 is 24.6. The average molecular weight is 642 g/mol. The van der Waals surface area contributed by atoms with Crippen LogP contribution in [-0.2, 0) is 19.1 Å². The second-order valence-electron chi connectivity index (χ2n) is 14.0. The van der Waals surface area contributed by atoms with Crippen LogP contribution in [0.4, 0.5) is 14.9 Å². The molecule has 2 aliphatic carbocycles. The Kier molecular flexibility index (Phi) is 10.0. The SMILES string of the molecule is CC(C)(C)OC(=O)N[C@H](CF)[C@H]1CC[C@H](C(=O)N2CC[C@H](C3CCC(=O)CC3)[C@@H]2C(=O)Nc2ccc3oc(C(=O)O)cc3c2)CC1. The van der Waals surface area contributed by atoms with Crippen LogP contribution in [0, 0.1) is 23.7 Å². The molecule has 250 valence electrons. The van der Waals surface area contributed by atoms with Crippen molar-refractivity contribution in [1.82, 2.24) is 10.2 Å². The van der Waals surface area contributed by atoms with Gasteiger partial charge in [-0.25, -0.2) is 14.0 Å². The van der Waals surface area contributed by atoms with Gasteiger partial charge in [0, 0.05) is 36.4 Å². The number of rotatable bonds is 8. The molecular formula is C34H44FN3O8. The van der Waals surface area contributed by atoms with Crippen molar-refractivity contribution >= 4 is 46.3 Å². The number of fused-ring (bicyclic) bond motifs is 1. The van der Waals surface area contributed by atoms with E-state index in [4.69, 9.17) is 9.15 Å². The summed E-state index contributed by atoms with van der Waals surface area (Å²) in [7, 11) is 0. The molecule has 2 heterocycles. The number of hydrogen-bond acceptors (Lipinski definition) is 7. The van der Waals surface area contributed by atoms with Crippen molar-refractivity contribution in [3.63, 3.8) is 0 Å². The number of carboxylic acid groups (broad SMARTS) is 1. The van der Waals surface area contributed by atoms with Crippen LogP contribution >= 0.6 is 0 Å². The zero-order chi connectivity index (χ0) is 33.2. The van der Waals surface area contributed by atoms with Crippen LogP contribution in [0.1, 0.15) is 89.1 Å². The van der Waals surface area contributed by atoms with Gasteiger partial charge in [0.25, 0.3) is 0 Å². The van der Waals surface area contributed by atoms with Crippen molar-refractivity contribution in [1.29, 1.82) is 0 Å². The zero-order valence-electron chi connectivity index (χ0n) is 26.7. The fourth-order valence-corrected chi connectivity index (χ4v) is 7.47. The number of carbonyl (C=O) groups excluding carboxylic acids is 4. The lowest BCUT2D eigenvalue weighted by Gasteiger charge is -2.37. The Bertz CT molecular complexity index is 1460. The maximum atomic E-state index is 14.0. The molecule has 3 aliphatic rings. The summed E-state index contributed by atoms with van der Waals surface area (Å²) in [6, 6.07) is 4.86. The average Bonchev–Trinajstić information content (AvgIpc) is 3.64. The molecule has 2 saturated carbocycles. The van der Waals surface area contributed by atoms with Crippen LogP contribution in [0.25, 0.3) is 11.0 Å². The lowest BCUT2D eigenvalue weighted by Crippen LogP contribution is -2.50. The van der Waals surface area contributed by atoms with E-state index >= 15 is 0 Å². The number of ether oxygens (including phenoxy) is 1. The second kappa shape index (κ2) is 13.8. The Morgan fingerprint density at radius 3 is 2.37 bits per heavy atom. The molecule has 1 aromatic carbocycles. The lowest BCUT2D eigenvalue weighted by atomic mass is 9.75. The van der Waals surface area contributed by atoms with E-state index in [9.17, 15) is 33.5 Å². The minimum absolute atomic E-state index is 0.0960. The Hall–Kier alpha value is -3.96. The number of nitrogens with one attached hydrogen (secondary N) is 2. The van der Waals surface area contributed by atoms with Crippen LogP contribution in [0.5, 0.6) is 0 Å². The van der Waals surface area contributed by atoms with Crippen LogP contribution in [0.15, 0.2) is 28.7 Å². The van der Waals surface area contributed by atoms with Gasteiger partial charge in [0.1, 0.15) is 29.7 Å². The van der Waals surface area contributed by atoms with Crippen molar-refractivity contribution in [2.75, 3.05) is 18.5 Å². The number of ketones is 1. The number of hydrogen-bond donors (Lipinski definition) is 3. The third-order valence-corrected chi connectivity index (χ3v) is 9.74. The van der Waals surface area contributed by atoms with Gasteiger partial charge in [-0.05, 0) is 108 Å². The van der Waals surface area contributed by atoms with Crippen molar-refractivity contribution in [3.8, 4) is 0 Å². The van der Waals surface area contributed by atoms with Gasteiger partial charge >= 0.3 is 12.1 Å². The quantitative estimate of drug-likeness (QED) is 0.331. The first-order valence-electron chi connectivity index (χ1n) is 16.3. The minimum Gasteiger partial charge on any atom is -0.475 e. The number of furan rings is 1. The van der Waals surface area contributed by atoms with Crippen molar-refractivity contribution < 1.29 is 42.6 Å². The van der Waals surface area contributed by atoms with Crippen LogP contribution in [-0.4, -0.2) is 70.6 Å². The summed E-state index contributed by atoms with van der Waals surface area (Å²) in [5.74, 6) is -2.00. The van der Waals surface area contributed by atoms with E-state index in [-0.39, 0.29) is 47.0 Å². The summed E-state index contributed by atoms with van der Waals surface area (Å²) >= 11 is 0. The number of alkyl carbamates (subject to hydrolysis) is 1. The maximum Gasteiger partial charge on any atom is 0.407 e. The highest BCUT2D eigenvalue weighted by molar-refractivity contribution is 6.00. The highest BCUT2D eigenvalue weighted by Gasteiger charge is 2.47. The zero-order valence-corrected chi connectivity index (χ0v) is 26.7. The molecule has 3 fully saturated rings. The van der Waals surface area contributed by atoms with E-state index in [0.29, 0.717) is 81.0 Å².